The largest absolute Gasteiger partial charge is 0.328 e. The molecular weight excluding hydrogens is 154 g/mol. The maximum Gasteiger partial charge on any atom is 0.310 e. The van der Waals surface area contributed by atoms with Gasteiger partial charge in [0.2, 0.25) is 0 Å². The van der Waals surface area contributed by atoms with E-state index >= 15 is 0 Å². The highest BCUT2D eigenvalue weighted by Crippen LogP contribution is 2.50. The van der Waals surface area contributed by atoms with E-state index in [0.717, 1.165) is 6.42 Å². The monoisotopic (exact) mass is 164 g/mol. The fourth-order valence-electron chi connectivity index (χ4n) is 1.04. The van der Waals surface area contributed by atoms with Crippen LogP contribution in [0.4, 0.5) is 0 Å². The highest BCUT2D eigenvalue weighted by atomic mass is 32.3. The van der Waals surface area contributed by atoms with Crippen molar-refractivity contribution in [1.29, 1.82) is 0 Å². The Morgan fingerprint density at radius 3 is 2.70 bits per heavy atom. The zero-order valence-corrected chi connectivity index (χ0v) is 6.23. The Balaban J connectivity index is 2.50. The molecule has 1 aliphatic rings. The van der Waals surface area contributed by atoms with Gasteiger partial charge in [-0.3, -0.25) is 13.9 Å². The van der Waals surface area contributed by atoms with Crippen LogP contribution < -0.4 is 5.32 Å². The number of amides is 1. The van der Waals surface area contributed by atoms with E-state index in [0.29, 0.717) is 12.2 Å². The summed E-state index contributed by atoms with van der Waals surface area (Å²) in [6, 6.07) is 0. The average Bonchev–Trinajstić information content (AvgIpc) is 2.13. The standard InChI is InChI=1S/C5H10NO3S/c7-4-6-5-2-1-3-10(5,8)9/h5,8-9H,1-3H2,(H,6,7). The minimum Gasteiger partial charge on any atom is -0.328 e. The molecule has 1 unspecified atom stereocenters. The Morgan fingerprint density at radius 2 is 2.30 bits per heavy atom. The molecule has 1 rings (SSSR count). The van der Waals surface area contributed by atoms with Crippen LogP contribution in [-0.4, -0.2) is 26.6 Å². The Kier molecular flexibility index (Phi) is 2.18. The van der Waals surface area contributed by atoms with Crippen molar-refractivity contribution in [3.8, 4) is 0 Å². The molecule has 1 fully saturated rings. The molecule has 3 N–H and O–H groups in total. The molecule has 0 aromatic carbocycles. The van der Waals surface area contributed by atoms with Crippen LogP contribution >= 0.6 is 10.6 Å². The third-order valence-corrected chi connectivity index (χ3v) is 3.74. The summed E-state index contributed by atoms with van der Waals surface area (Å²) < 4.78 is 18.4. The summed E-state index contributed by atoms with van der Waals surface area (Å²) in [5.74, 6) is 0.409. The molecule has 0 aromatic heterocycles. The van der Waals surface area contributed by atoms with Gasteiger partial charge in [0.05, 0.1) is 0 Å². The number of hydrogen-bond acceptors (Lipinski definition) is 3. The van der Waals surface area contributed by atoms with Crippen molar-refractivity contribution < 1.29 is 13.9 Å². The van der Waals surface area contributed by atoms with Crippen LogP contribution in [0.1, 0.15) is 12.8 Å². The van der Waals surface area contributed by atoms with E-state index in [1.165, 1.54) is 6.41 Å². The van der Waals surface area contributed by atoms with Gasteiger partial charge in [-0.05, 0) is 12.8 Å². The zero-order chi connectivity index (χ0) is 7.61. The van der Waals surface area contributed by atoms with Gasteiger partial charge in [0.1, 0.15) is 5.37 Å². The first-order valence-electron chi connectivity index (χ1n) is 3.04. The fraction of sp³-hybridized carbons (Fsp3) is 0.800. The van der Waals surface area contributed by atoms with Crippen molar-refractivity contribution in [2.45, 2.75) is 18.2 Å². The van der Waals surface area contributed by atoms with E-state index in [2.05, 4.69) is 5.32 Å². The molecule has 1 heterocycles. The van der Waals surface area contributed by atoms with Crippen molar-refractivity contribution in [3.63, 3.8) is 0 Å². The summed E-state index contributed by atoms with van der Waals surface area (Å²) in [5.41, 5.74) is 0. The first-order valence-corrected chi connectivity index (χ1v) is 4.82. The summed E-state index contributed by atoms with van der Waals surface area (Å²) >= 11 is 0. The van der Waals surface area contributed by atoms with Crippen LogP contribution in [0.3, 0.4) is 0 Å². The summed E-state index contributed by atoms with van der Waals surface area (Å²) in [5, 5.41) is 1.81. The van der Waals surface area contributed by atoms with Crippen molar-refractivity contribution >= 4 is 17.0 Å². The van der Waals surface area contributed by atoms with Gasteiger partial charge in [0.15, 0.2) is 0 Å². The van der Waals surface area contributed by atoms with Crippen molar-refractivity contribution in [3.05, 3.63) is 0 Å². The van der Waals surface area contributed by atoms with Gasteiger partial charge < -0.3 is 5.32 Å². The first-order chi connectivity index (χ1) is 4.67. The number of nitrogens with one attached hydrogen (secondary N) is 1. The average molecular weight is 164 g/mol. The molecule has 4 nitrogen and oxygen atoms in total. The summed E-state index contributed by atoms with van der Waals surface area (Å²) in [7, 11) is -2.52. The minimum atomic E-state index is -2.52. The Hall–Kier alpha value is -0.260. The second-order valence-corrected chi connectivity index (χ2v) is 4.71. The minimum absolute atomic E-state index is 0.409. The quantitative estimate of drug-likeness (QED) is 0.521. The lowest BCUT2D eigenvalue weighted by Crippen LogP contribution is -2.29. The predicted octanol–water partition coefficient (Wildman–Crippen LogP) is 0.514. The van der Waals surface area contributed by atoms with Crippen molar-refractivity contribution in [2.75, 3.05) is 5.75 Å². The topological polar surface area (TPSA) is 69.6 Å². The lowest BCUT2D eigenvalue weighted by Gasteiger charge is -2.32. The van der Waals surface area contributed by atoms with Crippen molar-refractivity contribution in [2.24, 2.45) is 0 Å². The molecule has 1 amide bonds. The molecule has 0 saturated carbocycles. The molecule has 10 heavy (non-hydrogen) atoms. The summed E-state index contributed by atoms with van der Waals surface area (Å²) in [6.07, 6.45) is 2.88. The lowest BCUT2D eigenvalue weighted by atomic mass is 10.3. The van der Waals surface area contributed by atoms with Gasteiger partial charge in [-0.1, -0.05) is 0 Å². The van der Waals surface area contributed by atoms with Crippen LogP contribution in [0.5, 0.6) is 0 Å². The molecule has 59 valence electrons. The highest BCUT2D eigenvalue weighted by Gasteiger charge is 2.30. The van der Waals surface area contributed by atoms with Gasteiger partial charge in [0, 0.05) is 5.75 Å². The Morgan fingerprint density at radius 1 is 1.60 bits per heavy atom. The first kappa shape index (κ1) is 7.84. The maximum atomic E-state index is 9.80. The van der Waals surface area contributed by atoms with Gasteiger partial charge in [-0.15, -0.1) is 0 Å². The Labute approximate surface area is 61.0 Å². The third kappa shape index (κ3) is 1.42. The molecule has 0 aliphatic carbocycles. The summed E-state index contributed by atoms with van der Waals surface area (Å²) in [6.45, 7) is 0. The second kappa shape index (κ2) is 2.77. The van der Waals surface area contributed by atoms with E-state index in [1.54, 1.807) is 0 Å². The molecule has 0 aromatic rings. The third-order valence-electron chi connectivity index (χ3n) is 1.59. The van der Waals surface area contributed by atoms with Crippen molar-refractivity contribution in [1.82, 2.24) is 5.32 Å². The molecule has 1 aliphatic heterocycles. The number of rotatable bonds is 2. The van der Waals surface area contributed by atoms with Gasteiger partial charge in [0.25, 0.3) is 0 Å². The molecule has 1 atom stereocenters. The highest BCUT2D eigenvalue weighted by molar-refractivity contribution is 8.25. The lowest BCUT2D eigenvalue weighted by molar-refractivity contribution is 0.470. The molecule has 5 heteroatoms. The molecular formula is C5H10NO3S. The van der Waals surface area contributed by atoms with Crippen LogP contribution in [0.15, 0.2) is 0 Å². The van der Waals surface area contributed by atoms with E-state index in [1.807, 2.05) is 0 Å². The maximum absolute atomic E-state index is 9.80. The van der Waals surface area contributed by atoms with E-state index in [-0.39, 0.29) is 0 Å². The molecule has 1 saturated heterocycles. The van der Waals surface area contributed by atoms with Crippen LogP contribution in [0, 0.1) is 0 Å². The van der Waals surface area contributed by atoms with E-state index in [9.17, 15) is 13.9 Å². The van der Waals surface area contributed by atoms with Gasteiger partial charge >= 0.3 is 6.41 Å². The van der Waals surface area contributed by atoms with Crippen LogP contribution in [0.2, 0.25) is 0 Å². The zero-order valence-electron chi connectivity index (χ0n) is 5.41. The van der Waals surface area contributed by atoms with E-state index < -0.39 is 16.0 Å². The van der Waals surface area contributed by atoms with E-state index in [4.69, 9.17) is 0 Å². The SMILES string of the molecule is O=[C]NC1CCCS1(O)O. The normalized spacial score (nSPS) is 33.2. The summed E-state index contributed by atoms with van der Waals surface area (Å²) in [4.78, 5) is 9.80. The molecule has 0 bridgehead atoms. The number of hydrogen-bond donors (Lipinski definition) is 3. The van der Waals surface area contributed by atoms with Gasteiger partial charge in [-0.2, -0.15) is 10.6 Å². The molecule has 0 spiro atoms. The Bertz CT molecular complexity index is 139. The predicted molar refractivity (Wildman–Crippen MR) is 39.6 cm³/mol. The molecule has 1 radical (unpaired) electrons. The second-order valence-electron chi connectivity index (χ2n) is 2.30. The number of carbonyl (C=O) groups excluding carboxylic acids is 1. The fourth-order valence-corrected chi connectivity index (χ4v) is 2.70. The van der Waals surface area contributed by atoms with Crippen LogP contribution in [0.25, 0.3) is 0 Å². The smallest absolute Gasteiger partial charge is 0.310 e. The van der Waals surface area contributed by atoms with Crippen LogP contribution in [-0.2, 0) is 4.79 Å². The van der Waals surface area contributed by atoms with Gasteiger partial charge in [-0.25, -0.2) is 0 Å².